The number of benzene rings is 1. The number of rotatable bonds is 5. The molecule has 1 aromatic carbocycles. The minimum atomic E-state index is 0. The monoisotopic (exact) mass is 391 g/mol. The van der Waals surface area contributed by atoms with E-state index in [4.69, 9.17) is 20.9 Å². The van der Waals surface area contributed by atoms with Gasteiger partial charge in [-0.1, -0.05) is 12.1 Å². The largest absolute Gasteiger partial charge is 0.493 e. The van der Waals surface area contributed by atoms with Gasteiger partial charge in [-0.05, 0) is 31.7 Å². The average molecular weight is 391 g/mol. The zero-order valence-electron chi connectivity index (χ0n) is 11.7. The van der Waals surface area contributed by atoms with Crippen LogP contribution in [-0.4, -0.2) is 19.2 Å². The van der Waals surface area contributed by atoms with E-state index in [0.717, 1.165) is 29.9 Å². The summed E-state index contributed by atoms with van der Waals surface area (Å²) in [5, 5.41) is 0. The standard InChI is InChI=1S/C14H21N3O2.HI/c1-18-12-8-4-5-10(9-17-14(15)16)13(12)19-11-6-2-3-7-11;/h4-5,8,11H,2-3,6-7,9H2,1H3,(H4,15,16,17);1H. The van der Waals surface area contributed by atoms with Crippen molar-refractivity contribution >= 4 is 29.9 Å². The third-order valence-electron chi connectivity index (χ3n) is 3.30. The molecule has 1 aliphatic carbocycles. The molecule has 0 aliphatic heterocycles. The van der Waals surface area contributed by atoms with Crippen LogP contribution in [0, 0.1) is 0 Å². The van der Waals surface area contributed by atoms with E-state index in [1.807, 2.05) is 18.2 Å². The highest BCUT2D eigenvalue weighted by Gasteiger charge is 2.20. The minimum absolute atomic E-state index is 0. The maximum Gasteiger partial charge on any atom is 0.186 e. The molecule has 0 radical (unpaired) electrons. The zero-order valence-corrected chi connectivity index (χ0v) is 14.0. The van der Waals surface area contributed by atoms with Crippen molar-refractivity contribution in [2.75, 3.05) is 7.11 Å². The van der Waals surface area contributed by atoms with Crippen molar-refractivity contribution in [2.24, 2.45) is 16.5 Å². The number of nitrogens with two attached hydrogens (primary N) is 2. The first-order valence-corrected chi connectivity index (χ1v) is 6.58. The molecule has 0 spiro atoms. The van der Waals surface area contributed by atoms with Crippen molar-refractivity contribution < 1.29 is 9.47 Å². The molecular weight excluding hydrogens is 369 g/mol. The van der Waals surface area contributed by atoms with Crippen LogP contribution in [0.4, 0.5) is 0 Å². The van der Waals surface area contributed by atoms with E-state index >= 15 is 0 Å². The van der Waals surface area contributed by atoms with Gasteiger partial charge in [0.15, 0.2) is 17.5 Å². The quantitative estimate of drug-likeness (QED) is 0.459. The molecule has 0 unspecified atom stereocenters. The van der Waals surface area contributed by atoms with Crippen molar-refractivity contribution in [3.8, 4) is 11.5 Å². The number of para-hydroxylation sites is 1. The van der Waals surface area contributed by atoms with Gasteiger partial charge in [0, 0.05) is 5.56 Å². The van der Waals surface area contributed by atoms with Crippen LogP contribution in [0.1, 0.15) is 31.2 Å². The summed E-state index contributed by atoms with van der Waals surface area (Å²) in [6.45, 7) is 0.404. The average Bonchev–Trinajstić information content (AvgIpc) is 2.90. The third-order valence-corrected chi connectivity index (χ3v) is 3.30. The van der Waals surface area contributed by atoms with Gasteiger partial charge in [-0.15, -0.1) is 24.0 Å². The highest BCUT2D eigenvalue weighted by atomic mass is 127. The molecule has 0 aromatic heterocycles. The fourth-order valence-electron chi connectivity index (χ4n) is 2.33. The molecule has 20 heavy (non-hydrogen) atoms. The molecule has 2 rings (SSSR count). The minimum Gasteiger partial charge on any atom is -0.493 e. The van der Waals surface area contributed by atoms with E-state index < -0.39 is 0 Å². The molecule has 1 aromatic rings. The smallest absolute Gasteiger partial charge is 0.186 e. The SMILES string of the molecule is COc1cccc(CN=C(N)N)c1OC1CCCC1.I. The van der Waals surface area contributed by atoms with Gasteiger partial charge in [-0.2, -0.15) is 0 Å². The first kappa shape index (κ1) is 16.9. The van der Waals surface area contributed by atoms with Crippen LogP contribution in [-0.2, 0) is 6.54 Å². The Bertz CT molecular complexity index is 456. The Balaban J connectivity index is 0.00000200. The van der Waals surface area contributed by atoms with Crippen LogP contribution < -0.4 is 20.9 Å². The predicted octanol–water partition coefficient (Wildman–Crippen LogP) is 2.41. The first-order chi connectivity index (χ1) is 9.20. The normalized spacial score (nSPS) is 14.4. The van der Waals surface area contributed by atoms with Gasteiger partial charge >= 0.3 is 0 Å². The molecule has 0 bridgehead atoms. The summed E-state index contributed by atoms with van der Waals surface area (Å²) >= 11 is 0. The van der Waals surface area contributed by atoms with E-state index in [2.05, 4.69) is 4.99 Å². The Morgan fingerprint density at radius 2 is 2.00 bits per heavy atom. The summed E-state index contributed by atoms with van der Waals surface area (Å²) in [4.78, 5) is 4.04. The molecule has 0 heterocycles. The van der Waals surface area contributed by atoms with Crippen LogP contribution in [0.25, 0.3) is 0 Å². The first-order valence-electron chi connectivity index (χ1n) is 6.58. The molecule has 1 fully saturated rings. The lowest BCUT2D eigenvalue weighted by Gasteiger charge is -2.18. The molecule has 0 amide bonds. The number of hydrogen-bond acceptors (Lipinski definition) is 3. The molecule has 4 N–H and O–H groups in total. The van der Waals surface area contributed by atoms with Crippen molar-refractivity contribution in [1.82, 2.24) is 0 Å². The highest BCUT2D eigenvalue weighted by Crippen LogP contribution is 2.35. The Morgan fingerprint density at radius 3 is 2.60 bits per heavy atom. The van der Waals surface area contributed by atoms with Crippen LogP contribution in [0.15, 0.2) is 23.2 Å². The zero-order chi connectivity index (χ0) is 13.7. The Morgan fingerprint density at radius 1 is 1.30 bits per heavy atom. The van der Waals surface area contributed by atoms with E-state index in [1.165, 1.54) is 12.8 Å². The van der Waals surface area contributed by atoms with Crippen LogP contribution in [0.5, 0.6) is 11.5 Å². The molecule has 6 heteroatoms. The summed E-state index contributed by atoms with van der Waals surface area (Å²) in [7, 11) is 1.64. The van der Waals surface area contributed by atoms with Crippen LogP contribution in [0.3, 0.4) is 0 Å². The lowest BCUT2D eigenvalue weighted by molar-refractivity contribution is 0.198. The number of hydrogen-bond donors (Lipinski definition) is 2. The topological polar surface area (TPSA) is 82.9 Å². The maximum absolute atomic E-state index is 6.08. The van der Waals surface area contributed by atoms with Gasteiger partial charge in [0.25, 0.3) is 0 Å². The van der Waals surface area contributed by atoms with E-state index in [-0.39, 0.29) is 36.0 Å². The van der Waals surface area contributed by atoms with Crippen molar-refractivity contribution in [2.45, 2.75) is 38.3 Å². The van der Waals surface area contributed by atoms with Crippen molar-refractivity contribution in [1.29, 1.82) is 0 Å². The maximum atomic E-state index is 6.08. The van der Waals surface area contributed by atoms with Gasteiger partial charge in [0.2, 0.25) is 0 Å². The number of halogens is 1. The molecule has 1 aliphatic rings. The van der Waals surface area contributed by atoms with Gasteiger partial charge in [0.05, 0.1) is 19.8 Å². The lowest BCUT2D eigenvalue weighted by Crippen LogP contribution is -2.22. The van der Waals surface area contributed by atoms with E-state index in [9.17, 15) is 0 Å². The van der Waals surface area contributed by atoms with Crippen LogP contribution in [0.2, 0.25) is 0 Å². The van der Waals surface area contributed by atoms with E-state index in [1.54, 1.807) is 7.11 Å². The second-order valence-corrected chi connectivity index (χ2v) is 4.71. The summed E-state index contributed by atoms with van der Waals surface area (Å²) in [5.74, 6) is 1.58. The number of guanidine groups is 1. The Hall–Kier alpha value is -1.18. The van der Waals surface area contributed by atoms with E-state index in [0.29, 0.717) is 6.54 Å². The summed E-state index contributed by atoms with van der Waals surface area (Å²) in [6, 6.07) is 5.76. The Kier molecular flexibility index (Phi) is 6.90. The van der Waals surface area contributed by atoms with Gasteiger partial charge in [0.1, 0.15) is 0 Å². The van der Waals surface area contributed by atoms with Crippen LogP contribution >= 0.6 is 24.0 Å². The number of nitrogens with zero attached hydrogens (tertiary/aromatic N) is 1. The van der Waals surface area contributed by atoms with Crippen molar-refractivity contribution in [3.63, 3.8) is 0 Å². The lowest BCUT2D eigenvalue weighted by atomic mass is 10.1. The summed E-state index contributed by atoms with van der Waals surface area (Å²) in [5.41, 5.74) is 11.7. The highest BCUT2D eigenvalue weighted by molar-refractivity contribution is 14.0. The molecule has 112 valence electrons. The second kappa shape index (κ2) is 8.18. The van der Waals surface area contributed by atoms with Gasteiger partial charge < -0.3 is 20.9 Å². The second-order valence-electron chi connectivity index (χ2n) is 4.71. The Labute approximate surface area is 136 Å². The van der Waals surface area contributed by atoms with Gasteiger partial charge in [-0.25, -0.2) is 4.99 Å². The summed E-state index contributed by atoms with van der Waals surface area (Å²) < 4.78 is 11.5. The molecular formula is C14H22IN3O2. The number of aliphatic imine (C=N–C) groups is 1. The molecule has 5 nitrogen and oxygen atoms in total. The van der Waals surface area contributed by atoms with Gasteiger partial charge in [-0.3, -0.25) is 0 Å². The van der Waals surface area contributed by atoms with Crippen molar-refractivity contribution in [3.05, 3.63) is 23.8 Å². The third kappa shape index (κ3) is 4.43. The molecule has 0 saturated heterocycles. The predicted molar refractivity (Wildman–Crippen MR) is 90.8 cm³/mol. The summed E-state index contributed by atoms with van der Waals surface area (Å²) in [6.07, 6.45) is 4.92. The fourth-order valence-corrected chi connectivity index (χ4v) is 2.33. The fraction of sp³-hybridized carbons (Fsp3) is 0.500. The molecule has 1 saturated carbocycles. The number of ether oxygens (including phenoxy) is 2. The number of methoxy groups -OCH3 is 1. The molecule has 0 atom stereocenters.